The van der Waals surface area contributed by atoms with Crippen molar-refractivity contribution in [1.29, 1.82) is 0 Å². The van der Waals surface area contributed by atoms with Gasteiger partial charge in [-0.2, -0.15) is 0 Å². The molecule has 0 radical (unpaired) electrons. The highest BCUT2D eigenvalue weighted by atomic mass is 32.2. The van der Waals surface area contributed by atoms with Crippen LogP contribution in [0.1, 0.15) is 10.4 Å². The van der Waals surface area contributed by atoms with Crippen LogP contribution in [0.2, 0.25) is 0 Å². The largest absolute Gasteiger partial charge is 0.497 e. The number of methoxy groups -OCH3 is 2. The van der Waals surface area contributed by atoms with Gasteiger partial charge < -0.3 is 14.5 Å². The van der Waals surface area contributed by atoms with E-state index in [1.54, 1.807) is 31.0 Å². The number of hydrogen-bond acceptors (Lipinski definition) is 4. The van der Waals surface area contributed by atoms with Crippen LogP contribution in [-0.4, -0.2) is 25.2 Å². The maximum absolute atomic E-state index is 11.6. The summed E-state index contributed by atoms with van der Waals surface area (Å²) >= 11 is 1.65. The number of carbonyl (C=O) groups excluding carboxylic acids is 1. The summed E-state index contributed by atoms with van der Waals surface area (Å²) in [5, 5.41) is 1.07. The van der Waals surface area contributed by atoms with Crippen molar-refractivity contribution in [3.8, 4) is 5.75 Å². The summed E-state index contributed by atoms with van der Waals surface area (Å²) in [7, 11) is 3.04. The molecule has 0 bridgehead atoms. The predicted molar refractivity (Wildman–Crippen MR) is 86.8 cm³/mol. The fourth-order valence-electron chi connectivity index (χ4n) is 2.22. The first-order valence-corrected chi connectivity index (χ1v) is 7.54. The first kappa shape index (κ1) is 14.5. The lowest BCUT2D eigenvalue weighted by molar-refractivity contribution is 0.0601. The number of benzene rings is 2. The van der Waals surface area contributed by atoms with Gasteiger partial charge in [-0.1, -0.05) is 23.9 Å². The zero-order chi connectivity index (χ0) is 15.5. The third-order valence-corrected chi connectivity index (χ3v) is 4.38. The number of rotatable bonds is 4. The SMILES string of the molecule is COC(=O)c1ccc2c(Sc3cccc(OC)c3)c[nH]c2c1. The molecule has 0 atom stereocenters. The third kappa shape index (κ3) is 2.80. The number of carbonyl (C=O) groups is 1. The molecule has 0 aliphatic heterocycles. The number of nitrogens with one attached hydrogen (secondary N) is 1. The van der Waals surface area contributed by atoms with Crippen LogP contribution in [0.15, 0.2) is 58.5 Å². The molecule has 0 saturated heterocycles. The smallest absolute Gasteiger partial charge is 0.337 e. The Hall–Kier alpha value is -2.40. The van der Waals surface area contributed by atoms with Crippen molar-refractivity contribution in [1.82, 2.24) is 4.98 Å². The van der Waals surface area contributed by atoms with E-state index in [2.05, 4.69) is 4.98 Å². The number of aromatic amines is 1. The second kappa shape index (κ2) is 6.15. The lowest BCUT2D eigenvalue weighted by Crippen LogP contribution is -2.00. The van der Waals surface area contributed by atoms with Gasteiger partial charge in [0.05, 0.1) is 19.8 Å². The van der Waals surface area contributed by atoms with Gasteiger partial charge in [0.15, 0.2) is 0 Å². The van der Waals surface area contributed by atoms with Crippen LogP contribution < -0.4 is 4.74 Å². The first-order chi connectivity index (χ1) is 10.7. The Morgan fingerprint density at radius 3 is 2.77 bits per heavy atom. The molecule has 3 aromatic rings. The minimum Gasteiger partial charge on any atom is -0.497 e. The Kier molecular flexibility index (Phi) is 4.06. The summed E-state index contributed by atoms with van der Waals surface area (Å²) in [5.74, 6) is 0.497. The number of fused-ring (bicyclic) bond motifs is 1. The molecule has 4 nitrogen and oxygen atoms in total. The van der Waals surface area contributed by atoms with E-state index in [9.17, 15) is 4.79 Å². The fourth-order valence-corrected chi connectivity index (χ4v) is 3.20. The van der Waals surface area contributed by atoms with E-state index in [4.69, 9.17) is 9.47 Å². The zero-order valence-corrected chi connectivity index (χ0v) is 13.1. The average Bonchev–Trinajstić information content (AvgIpc) is 2.96. The second-order valence-electron chi connectivity index (χ2n) is 4.69. The molecule has 22 heavy (non-hydrogen) atoms. The van der Waals surface area contributed by atoms with Gasteiger partial charge in [-0.05, 0) is 30.3 Å². The first-order valence-electron chi connectivity index (χ1n) is 6.72. The van der Waals surface area contributed by atoms with E-state index in [1.165, 1.54) is 7.11 Å². The average molecular weight is 313 g/mol. The Morgan fingerprint density at radius 1 is 1.14 bits per heavy atom. The lowest BCUT2D eigenvalue weighted by atomic mass is 10.2. The Balaban J connectivity index is 1.93. The number of ether oxygens (including phenoxy) is 2. The van der Waals surface area contributed by atoms with Gasteiger partial charge in [-0.3, -0.25) is 0 Å². The molecule has 1 heterocycles. The van der Waals surface area contributed by atoms with E-state index in [1.807, 2.05) is 36.5 Å². The molecule has 1 N–H and O–H groups in total. The number of esters is 1. The molecule has 0 amide bonds. The highest BCUT2D eigenvalue weighted by Gasteiger charge is 2.10. The summed E-state index contributed by atoms with van der Waals surface area (Å²) in [4.78, 5) is 17.0. The quantitative estimate of drug-likeness (QED) is 0.736. The predicted octanol–water partition coefficient (Wildman–Crippen LogP) is 4.11. The van der Waals surface area contributed by atoms with Gasteiger partial charge in [0.2, 0.25) is 0 Å². The topological polar surface area (TPSA) is 51.3 Å². The molecule has 0 spiro atoms. The summed E-state index contributed by atoms with van der Waals surface area (Å²) in [5.41, 5.74) is 1.45. The van der Waals surface area contributed by atoms with Crippen LogP contribution >= 0.6 is 11.8 Å². The zero-order valence-electron chi connectivity index (χ0n) is 12.3. The van der Waals surface area contributed by atoms with Crippen LogP contribution in [0.4, 0.5) is 0 Å². The van der Waals surface area contributed by atoms with Crippen molar-refractivity contribution in [2.75, 3.05) is 14.2 Å². The molecule has 0 saturated carbocycles. The molecule has 3 rings (SSSR count). The number of hydrogen-bond donors (Lipinski definition) is 1. The highest BCUT2D eigenvalue weighted by Crippen LogP contribution is 2.35. The molecule has 0 aliphatic rings. The van der Waals surface area contributed by atoms with Gasteiger partial charge in [0.25, 0.3) is 0 Å². The molecule has 112 valence electrons. The Labute approximate surface area is 132 Å². The van der Waals surface area contributed by atoms with E-state index in [0.717, 1.165) is 26.4 Å². The highest BCUT2D eigenvalue weighted by molar-refractivity contribution is 7.99. The van der Waals surface area contributed by atoms with Crippen molar-refractivity contribution in [2.24, 2.45) is 0 Å². The van der Waals surface area contributed by atoms with Crippen molar-refractivity contribution in [3.05, 3.63) is 54.2 Å². The van der Waals surface area contributed by atoms with Crippen LogP contribution in [0.5, 0.6) is 5.75 Å². The van der Waals surface area contributed by atoms with Crippen LogP contribution in [0, 0.1) is 0 Å². The second-order valence-corrected chi connectivity index (χ2v) is 5.80. The van der Waals surface area contributed by atoms with Crippen LogP contribution in [0.3, 0.4) is 0 Å². The minimum atomic E-state index is -0.335. The van der Waals surface area contributed by atoms with Crippen molar-refractivity contribution < 1.29 is 14.3 Å². The van der Waals surface area contributed by atoms with Gasteiger partial charge in [-0.25, -0.2) is 4.79 Å². The molecular formula is C17H15NO3S. The van der Waals surface area contributed by atoms with E-state index >= 15 is 0 Å². The van der Waals surface area contributed by atoms with E-state index in [-0.39, 0.29) is 5.97 Å². The van der Waals surface area contributed by atoms with Gasteiger partial charge in [-0.15, -0.1) is 0 Å². The van der Waals surface area contributed by atoms with Gasteiger partial charge in [0, 0.05) is 26.9 Å². The van der Waals surface area contributed by atoms with Crippen molar-refractivity contribution in [3.63, 3.8) is 0 Å². The Bertz CT molecular complexity index is 826. The van der Waals surface area contributed by atoms with Crippen LogP contribution in [0.25, 0.3) is 10.9 Å². The normalized spacial score (nSPS) is 10.6. The third-order valence-electron chi connectivity index (χ3n) is 3.33. The number of aromatic nitrogens is 1. The monoisotopic (exact) mass is 313 g/mol. The minimum absolute atomic E-state index is 0.335. The fraction of sp³-hybridized carbons (Fsp3) is 0.118. The summed E-state index contributed by atoms with van der Waals surface area (Å²) in [6.45, 7) is 0. The summed E-state index contributed by atoms with van der Waals surface area (Å²) < 4.78 is 9.98. The number of H-pyrrole nitrogens is 1. The summed E-state index contributed by atoms with van der Waals surface area (Å²) in [6, 6.07) is 13.4. The summed E-state index contributed by atoms with van der Waals surface area (Å²) in [6.07, 6.45) is 1.94. The molecule has 0 fully saturated rings. The molecule has 0 aliphatic carbocycles. The van der Waals surface area contributed by atoms with Crippen molar-refractivity contribution >= 4 is 28.6 Å². The van der Waals surface area contributed by atoms with Gasteiger partial charge in [0.1, 0.15) is 5.75 Å². The molecule has 1 aromatic heterocycles. The molecule has 2 aromatic carbocycles. The van der Waals surface area contributed by atoms with Gasteiger partial charge >= 0.3 is 5.97 Å². The maximum Gasteiger partial charge on any atom is 0.337 e. The van der Waals surface area contributed by atoms with E-state index in [0.29, 0.717) is 5.56 Å². The maximum atomic E-state index is 11.6. The van der Waals surface area contributed by atoms with Crippen LogP contribution in [-0.2, 0) is 4.74 Å². The molecular weight excluding hydrogens is 298 g/mol. The standard InChI is InChI=1S/C17H15NO3S/c1-20-12-4-3-5-13(9-12)22-16-10-18-15-8-11(17(19)21-2)6-7-14(15)16/h3-10,18H,1-2H3. The molecule has 0 unspecified atom stereocenters. The van der Waals surface area contributed by atoms with Crippen molar-refractivity contribution in [2.45, 2.75) is 9.79 Å². The Morgan fingerprint density at radius 2 is 2.00 bits per heavy atom. The molecule has 5 heteroatoms. The lowest BCUT2D eigenvalue weighted by Gasteiger charge is -2.04. The van der Waals surface area contributed by atoms with E-state index < -0.39 is 0 Å².